The fourth-order valence-corrected chi connectivity index (χ4v) is 2.91. The zero-order valence-corrected chi connectivity index (χ0v) is 18.3. The summed E-state index contributed by atoms with van der Waals surface area (Å²) in [7, 11) is 1.48. The topological polar surface area (TPSA) is 154 Å². The molecule has 3 aromatic rings. The number of ether oxygens (including phenoxy) is 3. The van der Waals surface area contributed by atoms with Crippen molar-refractivity contribution in [3.8, 4) is 17.4 Å². The van der Waals surface area contributed by atoms with E-state index in [1.807, 2.05) is 0 Å². The van der Waals surface area contributed by atoms with Gasteiger partial charge in [-0.25, -0.2) is 4.79 Å². The van der Waals surface area contributed by atoms with Crippen molar-refractivity contribution in [3.05, 3.63) is 85.4 Å². The fraction of sp³-hybridized carbons (Fsp3) is 0.174. The molecule has 1 aromatic heterocycles. The number of nitrogens with zero attached hydrogens (tertiary/aromatic N) is 2. The van der Waals surface area contributed by atoms with Crippen molar-refractivity contribution in [3.63, 3.8) is 0 Å². The highest BCUT2D eigenvalue weighted by molar-refractivity contribution is 5.89. The summed E-state index contributed by atoms with van der Waals surface area (Å²) in [5, 5.41) is 20.4. The number of methoxy groups -OCH3 is 1. The number of carbonyl (C=O) groups excluding carboxylic acids is 1. The smallest absolute Gasteiger partial charge is 0.395 e. The van der Waals surface area contributed by atoms with E-state index in [1.54, 1.807) is 55.5 Å². The van der Waals surface area contributed by atoms with Crippen LogP contribution in [0, 0.1) is 10.1 Å². The lowest BCUT2D eigenvalue weighted by molar-refractivity contribution is -0.387. The summed E-state index contributed by atoms with van der Waals surface area (Å²) in [5.74, 6) is -0.487. The van der Waals surface area contributed by atoms with Crippen LogP contribution in [0.1, 0.15) is 34.2 Å². The number of hydrogen-bond acceptors (Lipinski definition) is 9. The summed E-state index contributed by atoms with van der Waals surface area (Å²) in [4.78, 5) is 39.1. The van der Waals surface area contributed by atoms with Gasteiger partial charge in [-0.1, -0.05) is 24.3 Å². The van der Waals surface area contributed by atoms with Crippen LogP contribution < -0.4 is 15.0 Å². The molecule has 0 bridgehead atoms. The first-order chi connectivity index (χ1) is 16.3. The number of rotatable bonds is 9. The van der Waals surface area contributed by atoms with Gasteiger partial charge in [-0.15, -0.1) is 0 Å². The van der Waals surface area contributed by atoms with Crippen LogP contribution in [0.15, 0.2) is 47.3 Å². The second-order valence-corrected chi connectivity index (χ2v) is 6.83. The summed E-state index contributed by atoms with van der Waals surface area (Å²) in [6, 6.07) is 12.0. The molecule has 2 N–H and O–H groups in total. The van der Waals surface area contributed by atoms with Crippen molar-refractivity contribution in [2.75, 3.05) is 13.7 Å². The summed E-state index contributed by atoms with van der Waals surface area (Å²) in [6.45, 7) is 2.29. The van der Waals surface area contributed by atoms with E-state index in [2.05, 4.69) is 9.97 Å². The fourth-order valence-electron chi connectivity index (χ4n) is 2.91. The number of aromatic nitrogens is 2. The third-order valence-electron chi connectivity index (χ3n) is 4.56. The standard InChI is InChI=1S/C23H21N3O8/c1-3-33-23(29)16-8-4-15(5-9-16)13-34-17-10-6-14(12-18(17)32-2)7-11-19-24-21(27)20(26(30)31)22(28)25-19/h4-12H,3,13H2,1-2H3,(H2,24,25,27,28)/b11-7+. The van der Waals surface area contributed by atoms with Gasteiger partial charge >= 0.3 is 17.2 Å². The third kappa shape index (κ3) is 5.76. The minimum absolute atomic E-state index is 0.0568. The molecule has 0 amide bonds. The van der Waals surface area contributed by atoms with Gasteiger partial charge in [0.15, 0.2) is 11.5 Å². The molecule has 0 aliphatic rings. The predicted molar refractivity (Wildman–Crippen MR) is 122 cm³/mol. The van der Waals surface area contributed by atoms with Crippen molar-refractivity contribution in [1.29, 1.82) is 0 Å². The number of nitrogens with one attached hydrogen (secondary N) is 1. The van der Waals surface area contributed by atoms with Crippen LogP contribution in [0.5, 0.6) is 17.4 Å². The molecule has 2 aromatic carbocycles. The van der Waals surface area contributed by atoms with Crippen LogP contribution in [-0.2, 0) is 11.3 Å². The first-order valence-electron chi connectivity index (χ1n) is 10.0. The van der Waals surface area contributed by atoms with Crippen LogP contribution in [0.4, 0.5) is 5.69 Å². The zero-order valence-electron chi connectivity index (χ0n) is 18.3. The monoisotopic (exact) mass is 467 g/mol. The number of aromatic amines is 1. The van der Waals surface area contributed by atoms with Gasteiger partial charge in [0.2, 0.25) is 0 Å². The van der Waals surface area contributed by atoms with Crippen molar-refractivity contribution >= 4 is 23.8 Å². The van der Waals surface area contributed by atoms with E-state index >= 15 is 0 Å². The lowest BCUT2D eigenvalue weighted by Crippen LogP contribution is -2.14. The lowest BCUT2D eigenvalue weighted by atomic mass is 10.1. The molecule has 1 heterocycles. The third-order valence-corrected chi connectivity index (χ3v) is 4.56. The molecular formula is C23H21N3O8. The number of carbonyl (C=O) groups is 1. The summed E-state index contributed by atoms with van der Waals surface area (Å²) >= 11 is 0. The predicted octanol–water partition coefficient (Wildman–Crippen LogP) is 3.32. The molecule has 11 nitrogen and oxygen atoms in total. The number of aromatic hydroxyl groups is 1. The molecule has 3 rings (SSSR count). The first-order valence-corrected chi connectivity index (χ1v) is 10.0. The van der Waals surface area contributed by atoms with Crippen molar-refractivity contribution in [2.45, 2.75) is 13.5 Å². The Morgan fingerprint density at radius 3 is 2.53 bits per heavy atom. The second-order valence-electron chi connectivity index (χ2n) is 6.83. The van der Waals surface area contributed by atoms with Crippen LogP contribution >= 0.6 is 0 Å². The van der Waals surface area contributed by atoms with Gasteiger partial charge in [-0.3, -0.25) is 14.9 Å². The van der Waals surface area contributed by atoms with Gasteiger partial charge in [0.05, 0.1) is 24.2 Å². The molecule has 0 aliphatic heterocycles. The Balaban J connectivity index is 1.70. The summed E-state index contributed by atoms with van der Waals surface area (Å²) in [5.41, 5.74) is -0.128. The Bertz CT molecular complexity index is 1280. The number of nitro groups is 1. The SMILES string of the molecule is CCOC(=O)c1ccc(COc2ccc(/C=C/c3nc(O)c([N+](=O)[O-])c(=O)[nH]3)cc2OC)cc1. The number of benzene rings is 2. The number of H-pyrrole nitrogens is 1. The Hall–Kier alpha value is -4.67. The van der Waals surface area contributed by atoms with Gasteiger partial charge in [-0.05, 0) is 48.4 Å². The van der Waals surface area contributed by atoms with E-state index in [9.17, 15) is 24.8 Å². The van der Waals surface area contributed by atoms with E-state index in [4.69, 9.17) is 14.2 Å². The molecule has 0 atom stereocenters. The average Bonchev–Trinajstić information content (AvgIpc) is 2.81. The van der Waals surface area contributed by atoms with E-state index in [0.717, 1.165) is 5.56 Å². The Kier molecular flexibility index (Phi) is 7.60. The van der Waals surface area contributed by atoms with Gasteiger partial charge < -0.3 is 24.3 Å². The van der Waals surface area contributed by atoms with E-state index in [-0.39, 0.29) is 18.4 Å². The number of esters is 1. The van der Waals surface area contributed by atoms with Gasteiger partial charge in [0.1, 0.15) is 12.4 Å². The Labute approximate surface area is 193 Å². The largest absolute Gasteiger partial charge is 0.493 e. The van der Waals surface area contributed by atoms with Crippen LogP contribution in [-0.4, -0.2) is 39.7 Å². The summed E-state index contributed by atoms with van der Waals surface area (Å²) < 4.78 is 16.2. The zero-order chi connectivity index (χ0) is 24.7. The molecule has 11 heteroatoms. The second kappa shape index (κ2) is 10.8. The van der Waals surface area contributed by atoms with E-state index in [0.29, 0.717) is 29.2 Å². The molecule has 0 unspecified atom stereocenters. The van der Waals surface area contributed by atoms with Crippen molar-refractivity contribution < 1.29 is 29.0 Å². The minimum Gasteiger partial charge on any atom is -0.493 e. The van der Waals surface area contributed by atoms with Crippen molar-refractivity contribution in [2.24, 2.45) is 0 Å². The van der Waals surface area contributed by atoms with Crippen molar-refractivity contribution in [1.82, 2.24) is 9.97 Å². The van der Waals surface area contributed by atoms with Crippen LogP contribution in [0.2, 0.25) is 0 Å². The maximum absolute atomic E-state index is 11.7. The molecule has 0 radical (unpaired) electrons. The number of hydrogen-bond donors (Lipinski definition) is 2. The molecule has 0 saturated carbocycles. The highest BCUT2D eigenvalue weighted by atomic mass is 16.6. The van der Waals surface area contributed by atoms with Gasteiger partial charge in [-0.2, -0.15) is 4.98 Å². The van der Waals surface area contributed by atoms with E-state index in [1.165, 1.54) is 13.2 Å². The van der Waals surface area contributed by atoms with Gasteiger partial charge in [0.25, 0.3) is 5.88 Å². The van der Waals surface area contributed by atoms with Gasteiger partial charge in [0, 0.05) is 0 Å². The molecule has 0 spiro atoms. The van der Waals surface area contributed by atoms with E-state index < -0.39 is 22.0 Å². The molecule has 0 fully saturated rings. The quantitative estimate of drug-likeness (QED) is 0.274. The Morgan fingerprint density at radius 2 is 1.91 bits per heavy atom. The minimum atomic E-state index is -1.06. The first kappa shape index (κ1) is 24.0. The molecule has 176 valence electrons. The summed E-state index contributed by atoms with van der Waals surface area (Å²) in [6.07, 6.45) is 2.95. The molecule has 34 heavy (non-hydrogen) atoms. The molecule has 0 saturated heterocycles. The normalized spacial score (nSPS) is 10.8. The van der Waals surface area contributed by atoms with Crippen LogP contribution in [0.25, 0.3) is 12.2 Å². The lowest BCUT2D eigenvalue weighted by Gasteiger charge is -2.12. The average molecular weight is 467 g/mol. The highest BCUT2D eigenvalue weighted by Gasteiger charge is 2.21. The maximum Gasteiger partial charge on any atom is 0.395 e. The highest BCUT2D eigenvalue weighted by Crippen LogP contribution is 2.29. The molecular weight excluding hydrogens is 446 g/mol. The van der Waals surface area contributed by atoms with Crippen LogP contribution in [0.3, 0.4) is 0 Å². The maximum atomic E-state index is 11.7. The Morgan fingerprint density at radius 1 is 1.18 bits per heavy atom. The molecule has 0 aliphatic carbocycles.